The molecule has 8 heteroatoms. The van der Waals surface area contributed by atoms with E-state index in [0.29, 0.717) is 11.6 Å². The SMILES string of the molecule is CC(Sc1ccc(Cl)cc1)C(=O)N1CC2(CCNCC2)CS1(=O)=O. The summed E-state index contributed by atoms with van der Waals surface area (Å²) in [5.41, 5.74) is -0.273. The highest BCUT2D eigenvalue weighted by Gasteiger charge is 2.50. The molecule has 2 heterocycles. The molecule has 2 fully saturated rings. The molecule has 1 atom stereocenters. The second-order valence-electron chi connectivity index (χ2n) is 6.57. The van der Waals surface area contributed by atoms with Crippen molar-refractivity contribution in [1.29, 1.82) is 0 Å². The first-order chi connectivity index (χ1) is 11.3. The fourth-order valence-electron chi connectivity index (χ4n) is 3.36. The van der Waals surface area contributed by atoms with Gasteiger partial charge in [0.2, 0.25) is 15.9 Å². The van der Waals surface area contributed by atoms with Crippen molar-refractivity contribution < 1.29 is 13.2 Å². The van der Waals surface area contributed by atoms with E-state index in [0.717, 1.165) is 35.1 Å². The summed E-state index contributed by atoms with van der Waals surface area (Å²) in [6.07, 6.45) is 1.60. The summed E-state index contributed by atoms with van der Waals surface area (Å²) in [4.78, 5) is 13.6. The molecule has 5 nitrogen and oxygen atoms in total. The van der Waals surface area contributed by atoms with Gasteiger partial charge in [0, 0.05) is 21.9 Å². The third-order valence-corrected chi connectivity index (χ3v) is 8.00. The number of hydrogen-bond acceptors (Lipinski definition) is 5. The summed E-state index contributed by atoms with van der Waals surface area (Å²) in [6.45, 7) is 3.70. The number of carbonyl (C=O) groups is 1. The number of amides is 1. The van der Waals surface area contributed by atoms with E-state index < -0.39 is 15.3 Å². The third-order valence-electron chi connectivity index (χ3n) is 4.69. The average molecular weight is 389 g/mol. The molecule has 2 saturated heterocycles. The van der Waals surface area contributed by atoms with E-state index in [1.807, 2.05) is 12.1 Å². The number of nitrogens with zero attached hydrogens (tertiary/aromatic N) is 1. The summed E-state index contributed by atoms with van der Waals surface area (Å²) in [6, 6.07) is 7.20. The molecule has 1 aromatic rings. The van der Waals surface area contributed by atoms with Crippen molar-refractivity contribution in [2.75, 3.05) is 25.4 Å². The molecule has 132 valence electrons. The molecule has 3 rings (SSSR count). The molecule has 0 aromatic heterocycles. The molecule has 1 amide bonds. The van der Waals surface area contributed by atoms with Crippen molar-refractivity contribution in [3.05, 3.63) is 29.3 Å². The Morgan fingerprint density at radius 3 is 2.54 bits per heavy atom. The molecule has 0 saturated carbocycles. The van der Waals surface area contributed by atoms with Crippen molar-refractivity contribution in [3.63, 3.8) is 0 Å². The fourth-order valence-corrected chi connectivity index (χ4v) is 6.69. The Hall–Kier alpha value is -0.760. The van der Waals surface area contributed by atoms with Crippen LogP contribution in [0.1, 0.15) is 19.8 Å². The van der Waals surface area contributed by atoms with Crippen molar-refractivity contribution >= 4 is 39.3 Å². The average Bonchev–Trinajstić information content (AvgIpc) is 2.79. The molecule has 1 unspecified atom stereocenters. The summed E-state index contributed by atoms with van der Waals surface area (Å²) in [7, 11) is -3.52. The van der Waals surface area contributed by atoms with Crippen LogP contribution >= 0.6 is 23.4 Å². The fraction of sp³-hybridized carbons (Fsp3) is 0.562. The van der Waals surface area contributed by atoms with E-state index in [2.05, 4.69) is 5.32 Å². The molecule has 1 N–H and O–H groups in total. The van der Waals surface area contributed by atoms with E-state index in [9.17, 15) is 13.2 Å². The lowest BCUT2D eigenvalue weighted by molar-refractivity contribution is -0.126. The van der Waals surface area contributed by atoms with Crippen LogP contribution < -0.4 is 5.32 Å². The smallest absolute Gasteiger partial charge is 0.249 e. The number of rotatable bonds is 3. The number of hydrogen-bond donors (Lipinski definition) is 1. The quantitative estimate of drug-likeness (QED) is 0.805. The minimum absolute atomic E-state index is 0.0890. The van der Waals surface area contributed by atoms with Gasteiger partial charge in [0.25, 0.3) is 0 Å². The highest BCUT2D eigenvalue weighted by Crippen LogP contribution is 2.40. The molecule has 0 bridgehead atoms. The van der Waals surface area contributed by atoms with Crippen LogP contribution in [0.15, 0.2) is 29.2 Å². The second kappa shape index (κ2) is 6.86. The summed E-state index contributed by atoms with van der Waals surface area (Å²) in [5, 5.41) is 3.43. The first-order valence-electron chi connectivity index (χ1n) is 7.99. The predicted molar refractivity (Wildman–Crippen MR) is 96.8 cm³/mol. The highest BCUT2D eigenvalue weighted by molar-refractivity contribution is 8.00. The normalized spacial score (nSPS) is 23.3. The number of nitrogens with one attached hydrogen (secondary N) is 1. The van der Waals surface area contributed by atoms with Gasteiger partial charge >= 0.3 is 0 Å². The topological polar surface area (TPSA) is 66.5 Å². The predicted octanol–water partition coefficient (Wildman–Crippen LogP) is 2.36. The van der Waals surface area contributed by atoms with Crippen molar-refractivity contribution in [2.24, 2.45) is 5.41 Å². The molecule has 1 spiro atoms. The zero-order valence-electron chi connectivity index (χ0n) is 13.5. The third kappa shape index (κ3) is 3.74. The van der Waals surface area contributed by atoms with Crippen LogP contribution in [0.5, 0.6) is 0 Å². The molecule has 0 radical (unpaired) electrons. The number of sulfonamides is 1. The van der Waals surface area contributed by atoms with Gasteiger partial charge in [0.05, 0.1) is 11.0 Å². The van der Waals surface area contributed by atoms with Crippen LogP contribution in [0.4, 0.5) is 0 Å². The molecular formula is C16H21ClN2O3S2. The number of piperidine rings is 1. The van der Waals surface area contributed by atoms with Gasteiger partial charge in [-0.1, -0.05) is 11.6 Å². The van der Waals surface area contributed by atoms with Crippen LogP contribution in [0.25, 0.3) is 0 Å². The zero-order valence-corrected chi connectivity index (χ0v) is 15.9. The minimum Gasteiger partial charge on any atom is -0.317 e. The maximum Gasteiger partial charge on any atom is 0.249 e. The van der Waals surface area contributed by atoms with Crippen molar-refractivity contribution in [2.45, 2.75) is 29.9 Å². The summed E-state index contributed by atoms with van der Waals surface area (Å²) in [5.74, 6) is -0.239. The first kappa shape index (κ1) is 18.0. The van der Waals surface area contributed by atoms with E-state index in [-0.39, 0.29) is 17.1 Å². The largest absolute Gasteiger partial charge is 0.317 e. The van der Waals surface area contributed by atoms with Crippen LogP contribution in [-0.4, -0.2) is 49.3 Å². The van der Waals surface area contributed by atoms with Crippen LogP contribution in [0.2, 0.25) is 5.02 Å². The Labute approximate surface area is 152 Å². The molecule has 2 aliphatic rings. The summed E-state index contributed by atoms with van der Waals surface area (Å²) >= 11 is 7.22. The van der Waals surface area contributed by atoms with E-state index in [1.165, 1.54) is 11.8 Å². The Morgan fingerprint density at radius 1 is 1.29 bits per heavy atom. The Kier molecular flexibility index (Phi) is 5.16. The van der Waals surface area contributed by atoms with Crippen molar-refractivity contribution in [1.82, 2.24) is 9.62 Å². The lowest BCUT2D eigenvalue weighted by Crippen LogP contribution is -2.42. The maximum absolute atomic E-state index is 12.7. The van der Waals surface area contributed by atoms with Gasteiger partial charge in [-0.25, -0.2) is 12.7 Å². The number of halogens is 1. The molecule has 1 aromatic carbocycles. The lowest BCUT2D eigenvalue weighted by atomic mass is 9.81. The first-order valence-corrected chi connectivity index (χ1v) is 10.9. The van der Waals surface area contributed by atoms with E-state index in [1.54, 1.807) is 19.1 Å². The molecular weight excluding hydrogens is 368 g/mol. The molecule has 0 aliphatic carbocycles. The van der Waals surface area contributed by atoms with E-state index >= 15 is 0 Å². The highest BCUT2D eigenvalue weighted by atomic mass is 35.5. The zero-order chi connectivity index (χ0) is 17.4. The van der Waals surface area contributed by atoms with Gasteiger partial charge in [0.15, 0.2) is 0 Å². The molecule has 2 aliphatic heterocycles. The Bertz CT molecular complexity index is 715. The maximum atomic E-state index is 12.7. The molecule has 24 heavy (non-hydrogen) atoms. The van der Waals surface area contributed by atoms with Gasteiger partial charge in [-0.2, -0.15) is 0 Å². The number of carbonyl (C=O) groups excluding carboxylic acids is 1. The van der Waals surface area contributed by atoms with Gasteiger partial charge < -0.3 is 5.32 Å². The standard InChI is InChI=1S/C16H21ClN2O3S2/c1-12(23-14-4-2-13(17)3-5-14)15(20)19-10-16(11-24(19,21)22)6-8-18-9-7-16/h2-5,12,18H,6-11H2,1H3. The monoisotopic (exact) mass is 388 g/mol. The van der Waals surface area contributed by atoms with Gasteiger partial charge in [0.1, 0.15) is 0 Å². The minimum atomic E-state index is -3.52. The van der Waals surface area contributed by atoms with Crippen LogP contribution in [0, 0.1) is 5.41 Å². The van der Waals surface area contributed by atoms with Crippen LogP contribution in [0.3, 0.4) is 0 Å². The van der Waals surface area contributed by atoms with Gasteiger partial charge in [-0.15, -0.1) is 11.8 Å². The van der Waals surface area contributed by atoms with Gasteiger partial charge in [-0.3, -0.25) is 4.79 Å². The second-order valence-corrected chi connectivity index (χ2v) is 10.3. The Morgan fingerprint density at radius 2 is 1.92 bits per heavy atom. The Balaban J connectivity index is 1.72. The number of benzene rings is 1. The van der Waals surface area contributed by atoms with Crippen molar-refractivity contribution in [3.8, 4) is 0 Å². The van der Waals surface area contributed by atoms with Gasteiger partial charge in [-0.05, 0) is 57.1 Å². The van der Waals surface area contributed by atoms with E-state index in [4.69, 9.17) is 11.6 Å². The summed E-state index contributed by atoms with van der Waals surface area (Å²) < 4.78 is 26.2. The lowest BCUT2D eigenvalue weighted by Gasteiger charge is -2.32. The van der Waals surface area contributed by atoms with Crippen LogP contribution in [-0.2, 0) is 14.8 Å². The number of thioether (sulfide) groups is 1.